The average Bonchev–Trinajstić information content (AvgIpc) is 2.97. The van der Waals surface area contributed by atoms with Crippen LogP contribution in [0.15, 0.2) is 18.2 Å². The fourth-order valence-corrected chi connectivity index (χ4v) is 3.50. The predicted octanol–water partition coefficient (Wildman–Crippen LogP) is 1.83. The Hall–Kier alpha value is -1.98. The number of benzene rings is 1. The number of amides is 2. The van der Waals surface area contributed by atoms with E-state index in [1.165, 1.54) is 6.07 Å². The topological polar surface area (TPSA) is 40.6 Å². The fraction of sp³-hybridized carbons (Fsp3) is 0.529. The summed E-state index contributed by atoms with van der Waals surface area (Å²) in [5, 5.41) is 0. The second kappa shape index (κ2) is 6.26. The van der Waals surface area contributed by atoms with Crippen LogP contribution in [0.25, 0.3) is 0 Å². The highest BCUT2D eigenvalue weighted by atomic mass is 19.2. The lowest BCUT2D eigenvalue weighted by Crippen LogP contribution is -2.42. The van der Waals surface area contributed by atoms with Crippen molar-refractivity contribution in [3.8, 4) is 0 Å². The van der Waals surface area contributed by atoms with Gasteiger partial charge >= 0.3 is 0 Å². The van der Waals surface area contributed by atoms with Crippen LogP contribution >= 0.6 is 0 Å². The normalized spacial score (nSPS) is 24.0. The maximum Gasteiger partial charge on any atom is 0.227 e. The summed E-state index contributed by atoms with van der Waals surface area (Å²) in [6, 6.07) is 3.70. The lowest BCUT2D eigenvalue weighted by atomic mass is 9.88. The van der Waals surface area contributed by atoms with E-state index < -0.39 is 11.6 Å². The van der Waals surface area contributed by atoms with Gasteiger partial charge < -0.3 is 9.80 Å². The highest BCUT2D eigenvalue weighted by Gasteiger charge is 2.42. The summed E-state index contributed by atoms with van der Waals surface area (Å²) in [5.41, 5.74) is 0.602. The van der Waals surface area contributed by atoms with Gasteiger partial charge in [0.2, 0.25) is 11.8 Å². The van der Waals surface area contributed by atoms with Gasteiger partial charge in [-0.05, 0) is 36.5 Å². The zero-order valence-corrected chi connectivity index (χ0v) is 13.1. The van der Waals surface area contributed by atoms with Crippen LogP contribution in [0, 0.1) is 23.5 Å². The number of carbonyl (C=O) groups excluding carboxylic acids is 2. The molecule has 2 atom stereocenters. The van der Waals surface area contributed by atoms with E-state index in [9.17, 15) is 18.4 Å². The lowest BCUT2D eigenvalue weighted by molar-refractivity contribution is -0.138. The van der Waals surface area contributed by atoms with Crippen molar-refractivity contribution in [3.05, 3.63) is 35.4 Å². The monoisotopic (exact) mass is 322 g/mol. The second-order valence-electron chi connectivity index (χ2n) is 6.46. The number of aryl methyl sites for hydroxylation is 1. The van der Waals surface area contributed by atoms with Gasteiger partial charge in [-0.1, -0.05) is 6.07 Å². The van der Waals surface area contributed by atoms with Gasteiger partial charge in [-0.3, -0.25) is 9.59 Å². The first kappa shape index (κ1) is 15.9. The van der Waals surface area contributed by atoms with Crippen molar-refractivity contribution in [2.75, 3.05) is 26.7 Å². The molecule has 2 fully saturated rings. The molecule has 0 N–H and O–H groups in total. The Morgan fingerprint density at radius 3 is 2.78 bits per heavy atom. The molecule has 4 nitrogen and oxygen atoms in total. The van der Waals surface area contributed by atoms with Gasteiger partial charge in [-0.25, -0.2) is 8.78 Å². The summed E-state index contributed by atoms with van der Waals surface area (Å²) >= 11 is 0. The van der Waals surface area contributed by atoms with Crippen LogP contribution in [0.1, 0.15) is 18.4 Å². The van der Waals surface area contributed by atoms with Crippen LogP contribution in [0.2, 0.25) is 0 Å². The quantitative estimate of drug-likeness (QED) is 0.852. The van der Waals surface area contributed by atoms with Crippen LogP contribution in [-0.4, -0.2) is 48.3 Å². The zero-order chi connectivity index (χ0) is 16.6. The number of hydrogen-bond donors (Lipinski definition) is 0. The summed E-state index contributed by atoms with van der Waals surface area (Å²) in [6.45, 7) is 1.85. The largest absolute Gasteiger partial charge is 0.345 e. The molecular formula is C17H20F2N2O2. The van der Waals surface area contributed by atoms with E-state index in [2.05, 4.69) is 0 Å². The van der Waals surface area contributed by atoms with Crippen molar-refractivity contribution in [1.82, 2.24) is 9.80 Å². The maximum atomic E-state index is 13.2. The van der Waals surface area contributed by atoms with Gasteiger partial charge in [-0.2, -0.15) is 0 Å². The van der Waals surface area contributed by atoms with Crippen molar-refractivity contribution in [2.24, 2.45) is 11.8 Å². The first-order valence-corrected chi connectivity index (χ1v) is 7.92. The summed E-state index contributed by atoms with van der Waals surface area (Å²) in [6.07, 6.45) is 1.55. The molecule has 2 amide bonds. The smallest absolute Gasteiger partial charge is 0.227 e. The van der Waals surface area contributed by atoms with E-state index in [-0.39, 0.29) is 30.1 Å². The molecule has 2 aliphatic heterocycles. The molecule has 0 saturated carbocycles. The van der Waals surface area contributed by atoms with Crippen LogP contribution in [0.5, 0.6) is 0 Å². The Morgan fingerprint density at radius 2 is 2.04 bits per heavy atom. The van der Waals surface area contributed by atoms with Gasteiger partial charge in [-0.15, -0.1) is 0 Å². The Bertz CT molecular complexity index is 635. The third kappa shape index (κ3) is 3.21. The molecular weight excluding hydrogens is 302 g/mol. The molecule has 0 unspecified atom stereocenters. The van der Waals surface area contributed by atoms with Crippen LogP contribution in [0.4, 0.5) is 8.78 Å². The van der Waals surface area contributed by atoms with E-state index in [0.29, 0.717) is 25.1 Å². The standard InChI is InChI=1S/C17H20F2N2O2/c1-20-7-6-12-9-21(10-13(12)17(20)23)16(22)5-3-11-2-4-14(18)15(19)8-11/h2,4,8,12-13H,3,5-7,9-10H2,1H3/t12-,13+/m1/s1. The number of rotatable bonds is 3. The maximum absolute atomic E-state index is 13.2. The number of piperidine rings is 1. The highest BCUT2D eigenvalue weighted by Crippen LogP contribution is 2.32. The molecule has 0 radical (unpaired) electrons. The average molecular weight is 322 g/mol. The Labute approximate surface area is 134 Å². The molecule has 124 valence electrons. The molecule has 2 heterocycles. The SMILES string of the molecule is CN1CC[C@@H]2CN(C(=O)CCc3ccc(F)c(F)c3)C[C@@H]2C1=O. The molecule has 1 aromatic rings. The summed E-state index contributed by atoms with van der Waals surface area (Å²) in [4.78, 5) is 27.9. The second-order valence-corrected chi connectivity index (χ2v) is 6.46. The Kier molecular flexibility index (Phi) is 4.33. The lowest BCUT2D eigenvalue weighted by Gasteiger charge is -2.30. The molecule has 2 saturated heterocycles. The summed E-state index contributed by atoms with van der Waals surface area (Å²) in [5.74, 6) is -1.51. The van der Waals surface area contributed by atoms with Crippen LogP contribution < -0.4 is 0 Å². The number of fused-ring (bicyclic) bond motifs is 1. The summed E-state index contributed by atoms with van der Waals surface area (Å²) in [7, 11) is 1.80. The van der Waals surface area contributed by atoms with Crippen LogP contribution in [0.3, 0.4) is 0 Å². The minimum Gasteiger partial charge on any atom is -0.345 e. The van der Waals surface area contributed by atoms with Crippen molar-refractivity contribution in [1.29, 1.82) is 0 Å². The number of nitrogens with zero attached hydrogens (tertiary/aromatic N) is 2. The van der Waals surface area contributed by atoms with Gasteiger partial charge in [0.05, 0.1) is 5.92 Å². The van der Waals surface area contributed by atoms with E-state index in [4.69, 9.17) is 0 Å². The van der Waals surface area contributed by atoms with E-state index in [1.807, 2.05) is 0 Å². The molecule has 6 heteroatoms. The minimum absolute atomic E-state index is 0.0282. The third-order valence-corrected chi connectivity index (χ3v) is 4.93. The van der Waals surface area contributed by atoms with Crippen LogP contribution in [-0.2, 0) is 16.0 Å². The third-order valence-electron chi connectivity index (χ3n) is 4.93. The first-order chi connectivity index (χ1) is 11.0. The zero-order valence-electron chi connectivity index (χ0n) is 13.1. The fourth-order valence-electron chi connectivity index (χ4n) is 3.50. The van der Waals surface area contributed by atoms with E-state index in [1.54, 1.807) is 16.8 Å². The Balaban J connectivity index is 1.57. The minimum atomic E-state index is -0.893. The molecule has 0 spiro atoms. The number of halogens is 2. The highest BCUT2D eigenvalue weighted by molar-refractivity contribution is 5.83. The van der Waals surface area contributed by atoms with Crippen molar-refractivity contribution in [2.45, 2.75) is 19.3 Å². The van der Waals surface area contributed by atoms with Gasteiger partial charge in [0.1, 0.15) is 0 Å². The molecule has 23 heavy (non-hydrogen) atoms. The Morgan fingerprint density at radius 1 is 1.26 bits per heavy atom. The van der Waals surface area contributed by atoms with Crippen molar-refractivity contribution >= 4 is 11.8 Å². The van der Waals surface area contributed by atoms with E-state index >= 15 is 0 Å². The number of carbonyl (C=O) groups is 2. The molecule has 0 aliphatic carbocycles. The summed E-state index contributed by atoms with van der Waals surface area (Å²) < 4.78 is 26.1. The van der Waals surface area contributed by atoms with E-state index in [0.717, 1.165) is 25.1 Å². The van der Waals surface area contributed by atoms with Gasteiger partial charge in [0.25, 0.3) is 0 Å². The predicted molar refractivity (Wildman–Crippen MR) is 80.5 cm³/mol. The molecule has 3 rings (SSSR count). The van der Waals surface area contributed by atoms with Crippen molar-refractivity contribution in [3.63, 3.8) is 0 Å². The molecule has 2 aliphatic rings. The molecule has 0 aromatic heterocycles. The molecule has 1 aromatic carbocycles. The number of hydrogen-bond acceptors (Lipinski definition) is 2. The van der Waals surface area contributed by atoms with Crippen molar-refractivity contribution < 1.29 is 18.4 Å². The molecule has 0 bridgehead atoms. The first-order valence-electron chi connectivity index (χ1n) is 7.92. The van der Waals surface area contributed by atoms with Gasteiger partial charge in [0, 0.05) is 33.1 Å². The van der Waals surface area contributed by atoms with Gasteiger partial charge in [0.15, 0.2) is 11.6 Å². The number of likely N-dealkylation sites (tertiary alicyclic amines) is 2.